The Balaban J connectivity index is 2.07. The summed E-state index contributed by atoms with van der Waals surface area (Å²) < 4.78 is 16.5. The topological polar surface area (TPSA) is 68.2 Å². The van der Waals surface area contributed by atoms with Gasteiger partial charge in [-0.1, -0.05) is 41.9 Å². The summed E-state index contributed by atoms with van der Waals surface area (Å²) in [5, 5.41) is 12.7. The van der Waals surface area contributed by atoms with Crippen LogP contribution in [0, 0.1) is 0 Å². The van der Waals surface area contributed by atoms with Crippen molar-refractivity contribution >= 4 is 18.0 Å². The van der Waals surface area contributed by atoms with Crippen LogP contribution in [0.1, 0.15) is 30.4 Å². The van der Waals surface area contributed by atoms with Gasteiger partial charge in [0.1, 0.15) is 11.7 Å². The third-order valence-electron chi connectivity index (χ3n) is 5.94. The lowest BCUT2D eigenvalue weighted by Crippen LogP contribution is -2.52. The molecule has 0 radical (unpaired) electrons. The fourth-order valence-corrected chi connectivity index (χ4v) is 4.61. The number of carbonyl (C=O) groups excluding carboxylic acids is 1. The summed E-state index contributed by atoms with van der Waals surface area (Å²) in [5.74, 6) is 0. The minimum Gasteiger partial charge on any atom is -0.385 e. The van der Waals surface area contributed by atoms with Gasteiger partial charge in [-0.2, -0.15) is 0 Å². The van der Waals surface area contributed by atoms with Crippen LogP contribution in [-0.2, 0) is 31.2 Å². The van der Waals surface area contributed by atoms with Gasteiger partial charge in [0.05, 0.1) is 13.2 Å². The van der Waals surface area contributed by atoms with Crippen molar-refractivity contribution in [1.29, 1.82) is 0 Å². The maximum Gasteiger partial charge on any atom is 0.209 e. The Labute approximate surface area is 195 Å². The van der Waals surface area contributed by atoms with Gasteiger partial charge in [0.25, 0.3) is 0 Å². The lowest BCUT2D eigenvalue weighted by molar-refractivity contribution is -0.158. The Morgan fingerprint density at radius 3 is 2.78 bits per heavy atom. The van der Waals surface area contributed by atoms with Crippen molar-refractivity contribution in [2.45, 2.75) is 37.6 Å². The summed E-state index contributed by atoms with van der Waals surface area (Å²) in [6.45, 7) is 2.31. The zero-order valence-corrected chi connectivity index (χ0v) is 19.5. The van der Waals surface area contributed by atoms with E-state index in [0.29, 0.717) is 49.9 Å². The molecule has 1 saturated heterocycles. The first-order valence-corrected chi connectivity index (χ1v) is 11.3. The fourth-order valence-electron chi connectivity index (χ4n) is 4.33. The number of halogens is 1. The number of methoxy groups -OCH3 is 2. The Morgan fingerprint density at radius 2 is 2.03 bits per heavy atom. The molecule has 0 spiro atoms. The van der Waals surface area contributed by atoms with E-state index in [0.717, 1.165) is 35.9 Å². The Bertz CT molecular complexity index is 892. The van der Waals surface area contributed by atoms with E-state index in [4.69, 9.17) is 25.8 Å². The highest BCUT2D eigenvalue weighted by molar-refractivity contribution is 6.33. The first kappa shape index (κ1) is 24.7. The molecule has 0 aromatic heterocycles. The number of amides is 1. The van der Waals surface area contributed by atoms with Crippen LogP contribution in [0.25, 0.3) is 11.1 Å². The molecule has 2 aromatic rings. The summed E-state index contributed by atoms with van der Waals surface area (Å²) in [6, 6.07) is 13.5. The van der Waals surface area contributed by atoms with E-state index in [1.54, 1.807) is 19.1 Å². The predicted molar refractivity (Wildman–Crippen MR) is 125 cm³/mol. The number of hydrogen-bond donors (Lipinski definition) is 1. The molecule has 7 heteroatoms. The largest absolute Gasteiger partial charge is 0.385 e. The lowest BCUT2D eigenvalue weighted by atomic mass is 9.79. The lowest BCUT2D eigenvalue weighted by Gasteiger charge is -2.42. The van der Waals surface area contributed by atoms with Crippen molar-refractivity contribution in [1.82, 2.24) is 4.90 Å². The van der Waals surface area contributed by atoms with Crippen molar-refractivity contribution in [2.75, 3.05) is 40.5 Å². The van der Waals surface area contributed by atoms with Crippen molar-refractivity contribution < 1.29 is 24.1 Å². The molecule has 0 bridgehead atoms. The summed E-state index contributed by atoms with van der Waals surface area (Å²) in [4.78, 5) is 13.1. The molecule has 1 heterocycles. The highest BCUT2D eigenvalue weighted by Gasteiger charge is 2.43. The molecular weight excluding hydrogens is 430 g/mol. The smallest absolute Gasteiger partial charge is 0.209 e. The summed E-state index contributed by atoms with van der Waals surface area (Å²) in [5.41, 5.74) is 2.06. The fraction of sp³-hybridized carbons (Fsp3) is 0.480. The molecule has 2 aromatic carbocycles. The molecule has 3 rings (SSSR count). The van der Waals surface area contributed by atoms with E-state index in [9.17, 15) is 9.90 Å². The highest BCUT2D eigenvalue weighted by atomic mass is 35.5. The quantitative estimate of drug-likeness (QED) is 0.404. The van der Waals surface area contributed by atoms with Crippen molar-refractivity contribution in [3.8, 4) is 11.1 Å². The molecule has 2 atom stereocenters. The van der Waals surface area contributed by atoms with Crippen molar-refractivity contribution in [3.63, 3.8) is 0 Å². The molecule has 1 amide bonds. The monoisotopic (exact) mass is 461 g/mol. The van der Waals surface area contributed by atoms with E-state index in [1.165, 1.54) is 0 Å². The van der Waals surface area contributed by atoms with E-state index >= 15 is 0 Å². The number of carbonyl (C=O) groups is 1. The molecule has 6 nitrogen and oxygen atoms in total. The van der Waals surface area contributed by atoms with Gasteiger partial charge in [-0.15, -0.1) is 0 Å². The first-order chi connectivity index (χ1) is 15.5. The van der Waals surface area contributed by atoms with Crippen LogP contribution in [0.3, 0.4) is 0 Å². The summed E-state index contributed by atoms with van der Waals surface area (Å²) in [7, 11) is 3.33. The van der Waals surface area contributed by atoms with Crippen LogP contribution in [0.5, 0.6) is 0 Å². The van der Waals surface area contributed by atoms with Crippen molar-refractivity contribution in [3.05, 3.63) is 58.6 Å². The summed E-state index contributed by atoms with van der Waals surface area (Å²) >= 11 is 6.71. The third kappa shape index (κ3) is 5.69. The van der Waals surface area contributed by atoms with Gasteiger partial charge < -0.3 is 24.2 Å². The molecule has 1 aliphatic rings. The molecular formula is C25H32ClNO5. The SMILES string of the molecule is COCCCC[C@@](O)(c1cccc(Cl)c1-c1cccc(COC)c1)C1CN(C=O)CCO1. The standard InChI is InChI=1S/C25H32ClNO5/c1-30-13-4-3-11-25(29,23-16-27(18-28)12-14-32-23)21-9-6-10-22(26)24(21)20-8-5-7-19(15-20)17-31-2/h5-10,15,18,23,29H,3-4,11-14,16-17H2,1-2H3/t23?,25-/m1/s1. The number of benzene rings is 2. The van der Waals surface area contributed by atoms with Crippen LogP contribution in [0.4, 0.5) is 0 Å². The molecule has 32 heavy (non-hydrogen) atoms. The predicted octanol–water partition coefficient (Wildman–Crippen LogP) is 4.01. The Morgan fingerprint density at radius 1 is 1.22 bits per heavy atom. The number of morpholine rings is 1. The number of hydrogen-bond acceptors (Lipinski definition) is 5. The van der Waals surface area contributed by atoms with Crippen molar-refractivity contribution in [2.24, 2.45) is 0 Å². The second kappa shape index (κ2) is 11.8. The molecule has 0 aliphatic carbocycles. The summed E-state index contributed by atoms with van der Waals surface area (Å²) in [6.07, 6.45) is 2.25. The van der Waals surface area contributed by atoms with Gasteiger partial charge in [-0.25, -0.2) is 0 Å². The Hall–Kier alpha value is -1.96. The minimum atomic E-state index is -1.33. The van der Waals surface area contributed by atoms with E-state index in [-0.39, 0.29) is 0 Å². The van der Waals surface area contributed by atoms with E-state index in [1.807, 2.05) is 42.5 Å². The van der Waals surface area contributed by atoms with Crippen LogP contribution < -0.4 is 0 Å². The molecule has 0 saturated carbocycles. The number of rotatable bonds is 11. The van der Waals surface area contributed by atoms with Crippen LogP contribution in [0.2, 0.25) is 5.02 Å². The van der Waals surface area contributed by atoms with Crippen LogP contribution in [-0.4, -0.2) is 63.0 Å². The molecule has 1 unspecified atom stereocenters. The Kier molecular flexibility index (Phi) is 9.08. The molecule has 1 aliphatic heterocycles. The zero-order valence-electron chi connectivity index (χ0n) is 18.8. The highest BCUT2D eigenvalue weighted by Crippen LogP contribution is 2.43. The van der Waals surface area contributed by atoms with E-state index in [2.05, 4.69) is 0 Å². The molecule has 1 N–H and O–H groups in total. The number of ether oxygens (including phenoxy) is 3. The average Bonchev–Trinajstić information content (AvgIpc) is 2.82. The van der Waals surface area contributed by atoms with Gasteiger partial charge in [0.2, 0.25) is 6.41 Å². The minimum absolute atomic E-state index is 0.319. The number of unbranched alkanes of at least 4 members (excludes halogenated alkanes) is 1. The number of aliphatic hydroxyl groups is 1. The average molecular weight is 462 g/mol. The maximum atomic E-state index is 12.2. The number of nitrogens with zero attached hydrogens (tertiary/aromatic N) is 1. The molecule has 174 valence electrons. The van der Waals surface area contributed by atoms with Gasteiger partial charge >= 0.3 is 0 Å². The van der Waals surface area contributed by atoms with Crippen LogP contribution in [0.15, 0.2) is 42.5 Å². The van der Waals surface area contributed by atoms with Gasteiger partial charge in [-0.3, -0.25) is 4.79 Å². The van der Waals surface area contributed by atoms with Gasteiger partial charge in [0, 0.05) is 44.5 Å². The maximum absolute atomic E-state index is 12.2. The van der Waals surface area contributed by atoms with E-state index < -0.39 is 11.7 Å². The van der Waals surface area contributed by atoms with Gasteiger partial charge in [0.15, 0.2) is 0 Å². The molecule has 1 fully saturated rings. The van der Waals surface area contributed by atoms with Gasteiger partial charge in [-0.05, 0) is 48.1 Å². The van der Waals surface area contributed by atoms with Crippen LogP contribution >= 0.6 is 11.6 Å². The third-order valence-corrected chi connectivity index (χ3v) is 6.26. The first-order valence-electron chi connectivity index (χ1n) is 10.9. The normalized spacial score (nSPS) is 18.4. The second-order valence-corrected chi connectivity index (χ2v) is 8.54. The zero-order chi connectivity index (χ0) is 23.0. The second-order valence-electron chi connectivity index (χ2n) is 8.13.